The van der Waals surface area contributed by atoms with Crippen molar-refractivity contribution in [1.29, 1.82) is 0 Å². The third-order valence-electron chi connectivity index (χ3n) is 3.73. The number of hydrogen-bond donors (Lipinski definition) is 1. The second-order valence-corrected chi connectivity index (χ2v) is 6.65. The SMILES string of the molecule is CC(C)(C)OC(=O)N1CCC[C@@]2(CC[C@H](CO)O2)C1. The van der Waals surface area contributed by atoms with Crippen LogP contribution in [0.2, 0.25) is 0 Å². The first kappa shape index (κ1) is 14.6. The lowest BCUT2D eigenvalue weighted by atomic mass is 9.90. The van der Waals surface area contributed by atoms with Crippen molar-refractivity contribution in [2.24, 2.45) is 0 Å². The van der Waals surface area contributed by atoms with Gasteiger partial charge in [-0.25, -0.2) is 4.79 Å². The van der Waals surface area contributed by atoms with Gasteiger partial charge in [0.1, 0.15) is 5.60 Å². The molecule has 0 aromatic heterocycles. The zero-order chi connectivity index (χ0) is 14.1. The predicted molar refractivity (Wildman–Crippen MR) is 71.0 cm³/mol. The lowest BCUT2D eigenvalue weighted by Gasteiger charge is -2.40. The minimum absolute atomic E-state index is 0.0637. The van der Waals surface area contributed by atoms with Gasteiger partial charge in [0, 0.05) is 6.54 Å². The second-order valence-electron chi connectivity index (χ2n) is 6.65. The fourth-order valence-corrected chi connectivity index (χ4v) is 2.90. The molecule has 2 aliphatic heterocycles. The third kappa shape index (κ3) is 3.60. The number of hydrogen-bond acceptors (Lipinski definition) is 4. The first-order chi connectivity index (χ1) is 8.84. The molecule has 5 nitrogen and oxygen atoms in total. The fraction of sp³-hybridized carbons (Fsp3) is 0.929. The molecule has 2 fully saturated rings. The lowest BCUT2D eigenvalue weighted by Crippen LogP contribution is -2.51. The highest BCUT2D eigenvalue weighted by Crippen LogP contribution is 2.37. The zero-order valence-corrected chi connectivity index (χ0v) is 12.1. The van der Waals surface area contributed by atoms with Crippen LogP contribution < -0.4 is 0 Å². The maximum Gasteiger partial charge on any atom is 0.410 e. The highest BCUT2D eigenvalue weighted by molar-refractivity contribution is 5.68. The van der Waals surface area contributed by atoms with Crippen LogP contribution in [-0.2, 0) is 9.47 Å². The van der Waals surface area contributed by atoms with Crippen molar-refractivity contribution in [2.45, 2.75) is 63.8 Å². The zero-order valence-electron chi connectivity index (χ0n) is 12.1. The first-order valence-corrected chi connectivity index (χ1v) is 7.10. The minimum Gasteiger partial charge on any atom is -0.444 e. The summed E-state index contributed by atoms with van der Waals surface area (Å²) >= 11 is 0. The van der Waals surface area contributed by atoms with Gasteiger partial charge in [-0.15, -0.1) is 0 Å². The van der Waals surface area contributed by atoms with Crippen LogP contribution in [-0.4, -0.2) is 53.1 Å². The Hall–Kier alpha value is -0.810. The summed E-state index contributed by atoms with van der Waals surface area (Å²) in [6.45, 7) is 6.99. The quantitative estimate of drug-likeness (QED) is 0.791. The maximum atomic E-state index is 12.1. The van der Waals surface area contributed by atoms with Crippen LogP contribution in [0.4, 0.5) is 4.79 Å². The van der Waals surface area contributed by atoms with Crippen LogP contribution in [0.15, 0.2) is 0 Å². The number of carbonyl (C=O) groups excluding carboxylic acids is 1. The molecule has 110 valence electrons. The Morgan fingerprint density at radius 1 is 1.47 bits per heavy atom. The van der Waals surface area contributed by atoms with E-state index in [1.807, 2.05) is 20.8 Å². The van der Waals surface area contributed by atoms with Gasteiger partial charge in [0.2, 0.25) is 0 Å². The molecule has 1 N–H and O–H groups in total. The summed E-state index contributed by atoms with van der Waals surface area (Å²) in [4.78, 5) is 13.8. The molecule has 2 atom stereocenters. The molecule has 0 bridgehead atoms. The second kappa shape index (κ2) is 5.29. The summed E-state index contributed by atoms with van der Waals surface area (Å²) in [5, 5.41) is 9.18. The highest BCUT2D eigenvalue weighted by Gasteiger charge is 2.44. The number of nitrogens with zero attached hydrogens (tertiary/aromatic N) is 1. The smallest absolute Gasteiger partial charge is 0.410 e. The van der Waals surface area contributed by atoms with E-state index >= 15 is 0 Å². The van der Waals surface area contributed by atoms with E-state index in [0.717, 1.165) is 32.2 Å². The van der Waals surface area contributed by atoms with Crippen molar-refractivity contribution in [3.8, 4) is 0 Å². The fourth-order valence-electron chi connectivity index (χ4n) is 2.90. The number of aliphatic hydroxyl groups excluding tert-OH is 1. The molecule has 19 heavy (non-hydrogen) atoms. The topological polar surface area (TPSA) is 59.0 Å². The van der Waals surface area contributed by atoms with E-state index < -0.39 is 5.60 Å². The van der Waals surface area contributed by atoms with Gasteiger partial charge in [0.05, 0.1) is 24.9 Å². The van der Waals surface area contributed by atoms with Crippen LogP contribution in [0, 0.1) is 0 Å². The van der Waals surface area contributed by atoms with E-state index in [4.69, 9.17) is 9.47 Å². The molecule has 2 rings (SSSR count). The number of piperidine rings is 1. The van der Waals surface area contributed by atoms with Gasteiger partial charge in [-0.2, -0.15) is 0 Å². The van der Waals surface area contributed by atoms with E-state index in [-0.39, 0.29) is 24.4 Å². The summed E-state index contributed by atoms with van der Waals surface area (Å²) in [7, 11) is 0. The van der Waals surface area contributed by atoms with Crippen LogP contribution in [0.1, 0.15) is 46.5 Å². The van der Waals surface area contributed by atoms with Gasteiger partial charge in [-0.1, -0.05) is 0 Å². The molecule has 0 unspecified atom stereocenters. The van der Waals surface area contributed by atoms with Crippen molar-refractivity contribution >= 4 is 6.09 Å². The molecule has 2 saturated heterocycles. The van der Waals surface area contributed by atoms with Gasteiger partial charge < -0.3 is 19.5 Å². The summed E-state index contributed by atoms with van der Waals surface area (Å²) in [5.74, 6) is 0. The van der Waals surface area contributed by atoms with Crippen LogP contribution in [0.25, 0.3) is 0 Å². The molecule has 2 heterocycles. The van der Waals surface area contributed by atoms with E-state index in [1.165, 1.54) is 0 Å². The van der Waals surface area contributed by atoms with Crippen molar-refractivity contribution in [3.63, 3.8) is 0 Å². The molecular formula is C14H25NO4. The Labute approximate surface area is 114 Å². The van der Waals surface area contributed by atoms with Crippen molar-refractivity contribution in [3.05, 3.63) is 0 Å². The Bertz CT molecular complexity index is 339. The van der Waals surface area contributed by atoms with Gasteiger partial charge in [-0.3, -0.25) is 0 Å². The monoisotopic (exact) mass is 271 g/mol. The van der Waals surface area contributed by atoms with Gasteiger partial charge in [-0.05, 0) is 46.5 Å². The Morgan fingerprint density at radius 2 is 2.21 bits per heavy atom. The summed E-state index contributed by atoms with van der Waals surface area (Å²) in [6, 6.07) is 0. The number of carbonyl (C=O) groups is 1. The normalized spacial score (nSPS) is 31.8. The van der Waals surface area contributed by atoms with Crippen molar-refractivity contribution in [2.75, 3.05) is 19.7 Å². The Kier molecular flexibility index (Phi) is 4.06. The molecule has 0 aromatic rings. The average molecular weight is 271 g/mol. The van der Waals surface area contributed by atoms with Gasteiger partial charge in [0.15, 0.2) is 0 Å². The number of ether oxygens (including phenoxy) is 2. The van der Waals surface area contributed by atoms with Gasteiger partial charge in [0.25, 0.3) is 0 Å². The third-order valence-corrected chi connectivity index (χ3v) is 3.73. The molecule has 5 heteroatoms. The molecule has 2 aliphatic rings. The Morgan fingerprint density at radius 3 is 2.79 bits per heavy atom. The molecule has 1 spiro atoms. The molecule has 0 saturated carbocycles. The molecule has 0 aromatic carbocycles. The van der Waals surface area contributed by atoms with E-state index in [9.17, 15) is 9.90 Å². The summed E-state index contributed by atoms with van der Waals surface area (Å²) < 4.78 is 11.4. The lowest BCUT2D eigenvalue weighted by molar-refractivity contribution is -0.0949. The maximum absolute atomic E-state index is 12.1. The minimum atomic E-state index is -0.466. The van der Waals surface area contributed by atoms with E-state index in [0.29, 0.717) is 6.54 Å². The molecule has 1 amide bonds. The van der Waals surface area contributed by atoms with Gasteiger partial charge >= 0.3 is 6.09 Å². The van der Waals surface area contributed by atoms with E-state index in [1.54, 1.807) is 4.90 Å². The standard InChI is InChI=1S/C14H25NO4/c1-13(2,3)19-12(17)15-8-4-6-14(10-15)7-5-11(9-16)18-14/h11,16H,4-10H2,1-3H3/t11-,14-/m1/s1. The summed E-state index contributed by atoms with van der Waals surface area (Å²) in [6.07, 6.45) is 3.34. The molecule has 0 radical (unpaired) electrons. The number of likely N-dealkylation sites (tertiary alicyclic amines) is 1. The molecule has 0 aliphatic carbocycles. The first-order valence-electron chi connectivity index (χ1n) is 7.10. The highest BCUT2D eigenvalue weighted by atomic mass is 16.6. The van der Waals surface area contributed by atoms with Crippen molar-refractivity contribution < 1.29 is 19.4 Å². The number of aliphatic hydroxyl groups is 1. The average Bonchev–Trinajstić information content (AvgIpc) is 2.70. The number of amides is 1. The van der Waals surface area contributed by atoms with Crippen LogP contribution in [0.5, 0.6) is 0 Å². The number of rotatable bonds is 1. The Balaban J connectivity index is 1.96. The molecular weight excluding hydrogens is 246 g/mol. The van der Waals surface area contributed by atoms with Crippen LogP contribution >= 0.6 is 0 Å². The largest absolute Gasteiger partial charge is 0.444 e. The van der Waals surface area contributed by atoms with Crippen LogP contribution in [0.3, 0.4) is 0 Å². The van der Waals surface area contributed by atoms with E-state index in [2.05, 4.69) is 0 Å². The van der Waals surface area contributed by atoms with Crippen molar-refractivity contribution in [1.82, 2.24) is 4.90 Å². The predicted octanol–water partition coefficient (Wildman–Crippen LogP) is 1.93. The summed E-state index contributed by atoms with van der Waals surface area (Å²) in [5.41, 5.74) is -0.728.